The third-order valence-corrected chi connectivity index (χ3v) is 3.41. The van der Waals surface area contributed by atoms with Crippen molar-refractivity contribution >= 4 is 6.09 Å². The van der Waals surface area contributed by atoms with E-state index in [0.29, 0.717) is 25.4 Å². The van der Waals surface area contributed by atoms with Gasteiger partial charge < -0.3 is 20.1 Å². The van der Waals surface area contributed by atoms with Crippen LogP contribution in [0.2, 0.25) is 0 Å². The van der Waals surface area contributed by atoms with E-state index in [9.17, 15) is 9.90 Å². The molecule has 21 heavy (non-hydrogen) atoms. The van der Waals surface area contributed by atoms with Gasteiger partial charge in [-0.3, -0.25) is 0 Å². The van der Waals surface area contributed by atoms with E-state index in [1.807, 2.05) is 32.9 Å². The number of rotatable bonds is 3. The van der Waals surface area contributed by atoms with Gasteiger partial charge in [-0.1, -0.05) is 18.2 Å². The molecule has 2 rings (SSSR count). The van der Waals surface area contributed by atoms with Gasteiger partial charge in [-0.15, -0.1) is 0 Å². The smallest absolute Gasteiger partial charge is 0.410 e. The summed E-state index contributed by atoms with van der Waals surface area (Å²) in [5, 5.41) is 13.1. The first-order valence-corrected chi connectivity index (χ1v) is 7.33. The first-order chi connectivity index (χ1) is 9.85. The number of carbonyl (C=O) groups is 1. The molecule has 1 atom stereocenters. The molecular weight excluding hydrogens is 268 g/mol. The molecule has 0 radical (unpaired) electrons. The molecule has 116 valence electrons. The number of phenols is 1. The van der Waals surface area contributed by atoms with Crippen LogP contribution in [0.4, 0.5) is 4.79 Å². The molecule has 5 heteroatoms. The Labute approximate surface area is 125 Å². The zero-order valence-electron chi connectivity index (χ0n) is 12.9. The lowest BCUT2D eigenvalue weighted by Crippen LogP contribution is -2.38. The molecule has 1 aromatic rings. The molecule has 2 N–H and O–H groups in total. The van der Waals surface area contributed by atoms with Crippen molar-refractivity contribution in [3.05, 3.63) is 29.8 Å². The highest BCUT2D eigenvalue weighted by Crippen LogP contribution is 2.18. The number of nitrogens with one attached hydrogen (secondary N) is 1. The standard InChI is InChI=1S/C16H24N2O3/c1-16(2,3)21-15(20)18-9-8-13(11-18)17-10-12-6-4-5-7-14(12)19/h4-7,13,17,19H,8-11H2,1-3H3. The summed E-state index contributed by atoms with van der Waals surface area (Å²) in [7, 11) is 0. The number of hydrogen-bond acceptors (Lipinski definition) is 4. The van der Waals surface area contributed by atoms with Crippen molar-refractivity contribution in [3.63, 3.8) is 0 Å². The first-order valence-electron chi connectivity index (χ1n) is 7.33. The van der Waals surface area contributed by atoms with Crippen molar-refractivity contribution in [2.75, 3.05) is 13.1 Å². The van der Waals surface area contributed by atoms with Crippen molar-refractivity contribution < 1.29 is 14.6 Å². The quantitative estimate of drug-likeness (QED) is 0.898. The number of nitrogens with zero attached hydrogens (tertiary/aromatic N) is 1. The lowest BCUT2D eigenvalue weighted by atomic mass is 10.2. The van der Waals surface area contributed by atoms with Gasteiger partial charge in [0.15, 0.2) is 0 Å². The fourth-order valence-corrected chi connectivity index (χ4v) is 2.33. The Bertz CT molecular complexity index is 497. The van der Waals surface area contributed by atoms with Gasteiger partial charge in [0, 0.05) is 31.2 Å². The number of ether oxygens (including phenoxy) is 1. The van der Waals surface area contributed by atoms with Crippen LogP contribution in [0.25, 0.3) is 0 Å². The normalized spacial score (nSPS) is 18.8. The molecule has 1 aliphatic rings. The van der Waals surface area contributed by atoms with Crippen molar-refractivity contribution in [2.24, 2.45) is 0 Å². The van der Waals surface area contributed by atoms with E-state index < -0.39 is 5.60 Å². The molecule has 0 aromatic heterocycles. The van der Waals surface area contributed by atoms with Crippen LogP contribution in [0, 0.1) is 0 Å². The average Bonchev–Trinajstić information content (AvgIpc) is 2.85. The van der Waals surface area contributed by atoms with Gasteiger partial charge in [0.05, 0.1) is 0 Å². The highest BCUT2D eigenvalue weighted by atomic mass is 16.6. The molecule has 1 unspecified atom stereocenters. The Morgan fingerprint density at radius 1 is 1.43 bits per heavy atom. The minimum atomic E-state index is -0.460. The van der Waals surface area contributed by atoms with Gasteiger partial charge in [0.2, 0.25) is 0 Å². The van der Waals surface area contributed by atoms with Crippen LogP contribution in [-0.4, -0.2) is 40.8 Å². The number of hydrogen-bond donors (Lipinski definition) is 2. The number of para-hydroxylation sites is 1. The van der Waals surface area contributed by atoms with Crippen LogP contribution >= 0.6 is 0 Å². The Kier molecular flexibility index (Phi) is 4.73. The maximum atomic E-state index is 12.0. The number of aromatic hydroxyl groups is 1. The van der Waals surface area contributed by atoms with Crippen molar-refractivity contribution in [3.8, 4) is 5.75 Å². The number of benzene rings is 1. The van der Waals surface area contributed by atoms with Crippen LogP contribution in [0.5, 0.6) is 5.75 Å². The zero-order valence-corrected chi connectivity index (χ0v) is 12.9. The second kappa shape index (κ2) is 6.35. The van der Waals surface area contributed by atoms with Gasteiger partial charge in [-0.2, -0.15) is 0 Å². The Hall–Kier alpha value is -1.75. The Balaban J connectivity index is 1.80. The molecule has 1 saturated heterocycles. The summed E-state index contributed by atoms with van der Waals surface area (Å²) in [6.45, 7) is 7.55. The van der Waals surface area contributed by atoms with Crippen LogP contribution in [0.1, 0.15) is 32.8 Å². The predicted molar refractivity (Wildman–Crippen MR) is 81.2 cm³/mol. The fourth-order valence-electron chi connectivity index (χ4n) is 2.33. The van der Waals surface area contributed by atoms with Crippen molar-refractivity contribution in [1.29, 1.82) is 0 Å². The monoisotopic (exact) mass is 292 g/mol. The van der Waals surface area contributed by atoms with E-state index >= 15 is 0 Å². The molecule has 1 heterocycles. The van der Waals surface area contributed by atoms with E-state index in [4.69, 9.17) is 4.74 Å². The topological polar surface area (TPSA) is 61.8 Å². The van der Waals surface area contributed by atoms with Gasteiger partial charge >= 0.3 is 6.09 Å². The van der Waals surface area contributed by atoms with E-state index in [1.54, 1.807) is 17.0 Å². The average molecular weight is 292 g/mol. The SMILES string of the molecule is CC(C)(C)OC(=O)N1CCC(NCc2ccccc2O)C1. The summed E-state index contributed by atoms with van der Waals surface area (Å²) in [6.07, 6.45) is 0.640. The number of phenolic OH excluding ortho intramolecular Hbond substituents is 1. The summed E-state index contributed by atoms with van der Waals surface area (Å²) in [5.74, 6) is 0.298. The molecule has 0 spiro atoms. The van der Waals surface area contributed by atoms with Crippen LogP contribution in [0.3, 0.4) is 0 Å². The van der Waals surface area contributed by atoms with Gasteiger partial charge in [-0.25, -0.2) is 4.79 Å². The highest BCUT2D eigenvalue weighted by Gasteiger charge is 2.29. The molecule has 5 nitrogen and oxygen atoms in total. The maximum Gasteiger partial charge on any atom is 0.410 e. The first kappa shape index (κ1) is 15.6. The van der Waals surface area contributed by atoms with Gasteiger partial charge in [0.1, 0.15) is 11.4 Å². The molecule has 0 saturated carbocycles. The molecule has 0 bridgehead atoms. The summed E-state index contributed by atoms with van der Waals surface area (Å²) in [5.41, 5.74) is 0.409. The second-order valence-electron chi connectivity index (χ2n) is 6.42. The Morgan fingerprint density at radius 2 is 2.14 bits per heavy atom. The summed E-state index contributed by atoms with van der Waals surface area (Å²) in [6, 6.07) is 7.51. The molecule has 1 amide bonds. The van der Waals surface area contributed by atoms with E-state index in [0.717, 1.165) is 12.0 Å². The molecule has 1 aromatic carbocycles. The largest absolute Gasteiger partial charge is 0.508 e. The molecule has 1 aliphatic heterocycles. The third kappa shape index (κ3) is 4.63. The summed E-state index contributed by atoms with van der Waals surface area (Å²) < 4.78 is 5.37. The minimum absolute atomic E-state index is 0.233. The van der Waals surface area contributed by atoms with Crippen LogP contribution in [-0.2, 0) is 11.3 Å². The molecule has 0 aliphatic carbocycles. The number of likely N-dealkylation sites (tertiary alicyclic amines) is 1. The number of carbonyl (C=O) groups excluding carboxylic acids is 1. The lowest BCUT2D eigenvalue weighted by Gasteiger charge is -2.24. The van der Waals surface area contributed by atoms with Gasteiger partial charge in [0.25, 0.3) is 0 Å². The van der Waals surface area contributed by atoms with E-state index in [-0.39, 0.29) is 12.1 Å². The molecule has 1 fully saturated rings. The van der Waals surface area contributed by atoms with E-state index in [2.05, 4.69) is 5.32 Å². The highest BCUT2D eigenvalue weighted by molar-refractivity contribution is 5.68. The van der Waals surface area contributed by atoms with Crippen molar-refractivity contribution in [2.45, 2.75) is 45.4 Å². The van der Waals surface area contributed by atoms with Gasteiger partial charge in [-0.05, 0) is 33.3 Å². The fraction of sp³-hybridized carbons (Fsp3) is 0.562. The Morgan fingerprint density at radius 3 is 2.81 bits per heavy atom. The molecular formula is C16H24N2O3. The predicted octanol–water partition coefficient (Wildman–Crippen LogP) is 2.49. The minimum Gasteiger partial charge on any atom is -0.508 e. The third-order valence-electron chi connectivity index (χ3n) is 3.41. The second-order valence-corrected chi connectivity index (χ2v) is 6.42. The lowest BCUT2D eigenvalue weighted by molar-refractivity contribution is 0.0291. The maximum absolute atomic E-state index is 12.0. The van der Waals surface area contributed by atoms with Crippen LogP contribution in [0.15, 0.2) is 24.3 Å². The van der Waals surface area contributed by atoms with E-state index in [1.165, 1.54) is 0 Å². The summed E-state index contributed by atoms with van der Waals surface area (Å²) in [4.78, 5) is 13.7. The number of amides is 1. The van der Waals surface area contributed by atoms with Crippen molar-refractivity contribution in [1.82, 2.24) is 10.2 Å². The van der Waals surface area contributed by atoms with Crippen LogP contribution < -0.4 is 5.32 Å². The zero-order chi connectivity index (χ0) is 15.5. The summed E-state index contributed by atoms with van der Waals surface area (Å²) >= 11 is 0.